The maximum Gasteiger partial charge on any atom is 0.275 e. The zero-order valence-corrected chi connectivity index (χ0v) is 15.1. The van der Waals surface area contributed by atoms with Crippen LogP contribution in [0.25, 0.3) is 0 Å². The molecule has 0 radical (unpaired) electrons. The van der Waals surface area contributed by atoms with E-state index in [4.69, 9.17) is 0 Å². The summed E-state index contributed by atoms with van der Waals surface area (Å²) >= 11 is 0. The van der Waals surface area contributed by atoms with E-state index >= 15 is 0 Å². The minimum atomic E-state index is -0.465. The minimum absolute atomic E-state index is 0.376. The highest BCUT2D eigenvalue weighted by Crippen LogP contribution is 2.23. The van der Waals surface area contributed by atoms with Crippen molar-refractivity contribution < 1.29 is 9.72 Å². The third-order valence-corrected chi connectivity index (χ3v) is 4.11. The molecular formula is C19H24N4O3. The van der Waals surface area contributed by atoms with Crippen molar-refractivity contribution in [3.05, 3.63) is 69.8 Å². The van der Waals surface area contributed by atoms with Crippen LogP contribution in [-0.4, -0.2) is 24.8 Å². The molecule has 1 aromatic rings. The van der Waals surface area contributed by atoms with E-state index in [-0.39, 0.29) is 0 Å². The maximum atomic E-state index is 11.1. The Hall–Kier alpha value is -3.09. The molecule has 2 rings (SSSR count). The van der Waals surface area contributed by atoms with Gasteiger partial charge in [-0.1, -0.05) is 12.1 Å². The van der Waals surface area contributed by atoms with Gasteiger partial charge in [0, 0.05) is 37.1 Å². The van der Waals surface area contributed by atoms with Gasteiger partial charge in [-0.2, -0.15) is 0 Å². The molecule has 0 amide bonds. The average Bonchev–Trinajstić information content (AvgIpc) is 2.62. The van der Waals surface area contributed by atoms with Crippen molar-refractivity contribution >= 4 is 17.7 Å². The quantitative estimate of drug-likeness (QED) is 0.305. The Bertz CT molecular complexity index is 753. The molecule has 138 valence electrons. The van der Waals surface area contributed by atoms with E-state index in [9.17, 15) is 14.9 Å². The number of carbonyl (C=O) groups is 1. The molecule has 0 unspecified atom stereocenters. The fourth-order valence-electron chi connectivity index (χ4n) is 2.61. The number of nitrogens with zero attached hydrogens (tertiary/aromatic N) is 2. The van der Waals surface area contributed by atoms with Gasteiger partial charge in [0.25, 0.3) is 6.20 Å². The second kappa shape index (κ2) is 9.41. The van der Waals surface area contributed by atoms with Crippen LogP contribution >= 0.6 is 0 Å². The number of nitrogens with one attached hydrogen (secondary N) is 2. The molecule has 0 spiro atoms. The first-order valence-electron chi connectivity index (χ1n) is 8.51. The molecule has 0 aromatic heterocycles. The largest absolute Gasteiger partial charge is 0.385 e. The number of benzene rings is 1. The average molecular weight is 356 g/mol. The summed E-state index contributed by atoms with van der Waals surface area (Å²) in [6.07, 6.45) is 8.18. The first-order chi connectivity index (χ1) is 12.5. The molecule has 7 nitrogen and oxygen atoms in total. The molecule has 26 heavy (non-hydrogen) atoms. The van der Waals surface area contributed by atoms with Crippen LogP contribution in [0.4, 0.5) is 11.4 Å². The van der Waals surface area contributed by atoms with Gasteiger partial charge in [0.2, 0.25) is 0 Å². The molecule has 0 heterocycles. The maximum absolute atomic E-state index is 11.1. The van der Waals surface area contributed by atoms with Crippen LogP contribution in [-0.2, 0) is 4.79 Å². The summed E-state index contributed by atoms with van der Waals surface area (Å²) < 4.78 is 0. The molecule has 7 heteroatoms. The first-order valence-corrected chi connectivity index (χ1v) is 8.51. The number of aldehydes is 1. The summed E-state index contributed by atoms with van der Waals surface area (Å²) in [5.74, 6) is 0.376. The number of carbonyl (C=O) groups excluding carboxylic acids is 1. The fraction of sp³-hybridized carbons (Fsp3) is 0.316. The van der Waals surface area contributed by atoms with E-state index in [0.29, 0.717) is 18.8 Å². The predicted molar refractivity (Wildman–Crippen MR) is 103 cm³/mol. The molecule has 1 aliphatic rings. The molecule has 1 aliphatic carbocycles. The van der Waals surface area contributed by atoms with E-state index < -0.39 is 4.92 Å². The normalized spacial score (nSPS) is 14.2. The van der Waals surface area contributed by atoms with Gasteiger partial charge in [0.15, 0.2) is 5.82 Å². The van der Waals surface area contributed by atoms with E-state index in [0.717, 1.165) is 42.4 Å². The third kappa shape index (κ3) is 5.47. The lowest BCUT2D eigenvalue weighted by atomic mass is 10.0. The molecule has 1 aromatic carbocycles. The van der Waals surface area contributed by atoms with Crippen LogP contribution in [0.3, 0.4) is 0 Å². The monoisotopic (exact) mass is 356 g/mol. The van der Waals surface area contributed by atoms with Gasteiger partial charge in [-0.25, -0.2) is 0 Å². The highest BCUT2D eigenvalue weighted by atomic mass is 16.6. The van der Waals surface area contributed by atoms with Crippen molar-refractivity contribution in [1.82, 2.24) is 5.32 Å². The van der Waals surface area contributed by atoms with Crippen molar-refractivity contribution in [2.75, 3.05) is 23.8 Å². The van der Waals surface area contributed by atoms with Crippen molar-refractivity contribution in [2.45, 2.75) is 26.2 Å². The molecule has 0 saturated carbocycles. The van der Waals surface area contributed by atoms with Gasteiger partial charge in [-0.05, 0) is 49.6 Å². The lowest BCUT2D eigenvalue weighted by molar-refractivity contribution is -0.403. The second-order valence-corrected chi connectivity index (χ2v) is 6.05. The van der Waals surface area contributed by atoms with Gasteiger partial charge in [-0.3, -0.25) is 10.1 Å². The highest BCUT2D eigenvalue weighted by molar-refractivity contribution is 5.61. The fourth-order valence-corrected chi connectivity index (χ4v) is 2.61. The molecule has 0 aliphatic heterocycles. The van der Waals surface area contributed by atoms with Gasteiger partial charge in [0.1, 0.15) is 6.29 Å². The van der Waals surface area contributed by atoms with Gasteiger partial charge in [0.05, 0.1) is 4.92 Å². The second-order valence-electron chi connectivity index (χ2n) is 6.05. The minimum Gasteiger partial charge on any atom is -0.385 e. The number of hydrogen-bond acceptors (Lipinski definition) is 6. The Labute approximate surface area is 153 Å². The Morgan fingerprint density at radius 1 is 1.42 bits per heavy atom. The zero-order chi connectivity index (χ0) is 18.9. The molecular weight excluding hydrogens is 332 g/mol. The van der Waals surface area contributed by atoms with Crippen molar-refractivity contribution in [2.24, 2.45) is 0 Å². The number of anilines is 2. The van der Waals surface area contributed by atoms with Crippen LogP contribution in [0, 0.1) is 10.1 Å². The van der Waals surface area contributed by atoms with Gasteiger partial charge < -0.3 is 20.3 Å². The van der Waals surface area contributed by atoms with Gasteiger partial charge in [-0.15, -0.1) is 0 Å². The standard InChI is InChI=1S/C19H24N4O3/c1-15-7-3-4-10-18(15)21-19(14-23(25)26)22(2)17-9-5-8-16(13-17)20-11-6-12-24/h4-5,8-10,12-14,20-21H,3,6-7,11H2,1-2H3/b19-14-. The first kappa shape index (κ1) is 19.2. The SMILES string of the molecule is CC1=C(N/C(=C/[N+](=O)[O-])N(C)c2cccc(NCCC=O)c2)C=CCC1. The van der Waals surface area contributed by atoms with Crippen molar-refractivity contribution in [1.29, 1.82) is 0 Å². The Kier molecular flexibility index (Phi) is 6.96. The van der Waals surface area contributed by atoms with Crippen LogP contribution in [0.5, 0.6) is 0 Å². The molecule has 0 saturated heterocycles. The number of nitro groups is 1. The molecule has 0 fully saturated rings. The Morgan fingerprint density at radius 3 is 2.92 bits per heavy atom. The summed E-state index contributed by atoms with van der Waals surface area (Å²) in [4.78, 5) is 22.8. The predicted octanol–water partition coefficient (Wildman–Crippen LogP) is 3.41. The summed E-state index contributed by atoms with van der Waals surface area (Å²) in [5, 5.41) is 17.4. The molecule has 0 atom stereocenters. The summed E-state index contributed by atoms with van der Waals surface area (Å²) in [5.41, 5.74) is 3.69. The van der Waals surface area contributed by atoms with Crippen LogP contribution < -0.4 is 15.5 Å². The van der Waals surface area contributed by atoms with Crippen LogP contribution in [0.2, 0.25) is 0 Å². The number of allylic oxidation sites excluding steroid dienone is 3. The summed E-state index contributed by atoms with van der Waals surface area (Å²) in [6, 6.07) is 7.52. The van der Waals surface area contributed by atoms with E-state index in [1.54, 1.807) is 11.9 Å². The zero-order valence-electron chi connectivity index (χ0n) is 15.1. The summed E-state index contributed by atoms with van der Waals surface area (Å²) in [7, 11) is 1.77. The number of hydrogen-bond donors (Lipinski definition) is 2. The number of rotatable bonds is 9. The smallest absolute Gasteiger partial charge is 0.275 e. The molecule has 2 N–H and O–H groups in total. The van der Waals surface area contributed by atoms with Crippen molar-refractivity contribution in [3.8, 4) is 0 Å². The Morgan fingerprint density at radius 2 is 2.23 bits per heavy atom. The van der Waals surface area contributed by atoms with Gasteiger partial charge >= 0.3 is 0 Å². The topological polar surface area (TPSA) is 87.5 Å². The van der Waals surface area contributed by atoms with E-state index in [1.807, 2.05) is 37.3 Å². The Balaban J connectivity index is 2.22. The van der Waals surface area contributed by atoms with Crippen molar-refractivity contribution in [3.63, 3.8) is 0 Å². The van der Waals surface area contributed by atoms with E-state index in [2.05, 4.69) is 16.7 Å². The lowest BCUT2D eigenvalue weighted by Crippen LogP contribution is -2.29. The molecule has 0 bridgehead atoms. The van der Waals surface area contributed by atoms with E-state index in [1.165, 1.54) is 5.57 Å². The third-order valence-electron chi connectivity index (χ3n) is 4.11. The highest BCUT2D eigenvalue weighted by Gasteiger charge is 2.15. The van der Waals surface area contributed by atoms with Crippen LogP contribution in [0.1, 0.15) is 26.2 Å². The van der Waals surface area contributed by atoms with Crippen LogP contribution in [0.15, 0.2) is 59.7 Å². The summed E-state index contributed by atoms with van der Waals surface area (Å²) in [6.45, 7) is 2.57. The lowest BCUT2D eigenvalue weighted by Gasteiger charge is -2.24.